The summed E-state index contributed by atoms with van der Waals surface area (Å²) < 4.78 is 10.6. The summed E-state index contributed by atoms with van der Waals surface area (Å²) in [4.78, 5) is 11.1. The lowest BCUT2D eigenvalue weighted by Gasteiger charge is -1.99. The molecule has 1 heterocycles. The fourth-order valence-electron chi connectivity index (χ4n) is 1.41. The lowest BCUT2D eigenvalue weighted by molar-refractivity contribution is -0.139. The highest BCUT2D eigenvalue weighted by molar-refractivity contribution is 9.10. The number of carbonyl (C=O) groups excluding carboxylic acids is 1. The van der Waals surface area contributed by atoms with E-state index in [1.807, 2.05) is 24.3 Å². The van der Waals surface area contributed by atoms with Crippen LogP contribution in [0, 0.1) is 0 Å². The van der Waals surface area contributed by atoms with Gasteiger partial charge in [0.15, 0.2) is 4.67 Å². The number of furan rings is 1. The molecule has 0 N–H and O–H groups in total. The fraction of sp³-hybridized carbons (Fsp3) is 0.182. The molecule has 3 nitrogen and oxygen atoms in total. The van der Waals surface area contributed by atoms with E-state index in [1.165, 1.54) is 7.11 Å². The van der Waals surface area contributed by atoms with Crippen molar-refractivity contribution in [1.29, 1.82) is 0 Å². The molecule has 0 amide bonds. The standard InChI is InChI=1S/C11H9BrO3/c1-14-11(13)5-7-2-3-9-8(4-7)6-10(12)15-9/h2-4,6H,5H2,1H3. The molecule has 0 radical (unpaired) electrons. The van der Waals surface area contributed by atoms with Gasteiger partial charge in [0.2, 0.25) is 0 Å². The average molecular weight is 269 g/mol. The number of rotatable bonds is 2. The number of carbonyl (C=O) groups is 1. The highest BCUT2D eigenvalue weighted by Crippen LogP contribution is 2.24. The summed E-state index contributed by atoms with van der Waals surface area (Å²) in [6, 6.07) is 7.49. The van der Waals surface area contributed by atoms with E-state index < -0.39 is 0 Å². The first-order chi connectivity index (χ1) is 7.19. The fourth-order valence-corrected chi connectivity index (χ4v) is 1.83. The monoisotopic (exact) mass is 268 g/mol. The van der Waals surface area contributed by atoms with Gasteiger partial charge in [0.05, 0.1) is 13.5 Å². The van der Waals surface area contributed by atoms with Crippen molar-refractivity contribution in [1.82, 2.24) is 0 Å². The maximum Gasteiger partial charge on any atom is 0.309 e. The topological polar surface area (TPSA) is 39.4 Å². The maximum absolute atomic E-state index is 11.1. The molecule has 1 aromatic heterocycles. The molecule has 0 unspecified atom stereocenters. The molecular formula is C11H9BrO3. The Labute approximate surface area is 95.1 Å². The summed E-state index contributed by atoms with van der Waals surface area (Å²) in [7, 11) is 1.38. The molecule has 2 aromatic rings. The molecule has 0 saturated carbocycles. The van der Waals surface area contributed by atoms with Gasteiger partial charge in [-0.25, -0.2) is 0 Å². The molecule has 0 aliphatic rings. The zero-order valence-electron chi connectivity index (χ0n) is 8.12. The molecular weight excluding hydrogens is 260 g/mol. The van der Waals surface area contributed by atoms with E-state index in [0.29, 0.717) is 4.67 Å². The molecule has 4 heteroatoms. The van der Waals surface area contributed by atoms with Crippen molar-refractivity contribution >= 4 is 32.9 Å². The number of hydrogen-bond acceptors (Lipinski definition) is 3. The van der Waals surface area contributed by atoms with E-state index >= 15 is 0 Å². The van der Waals surface area contributed by atoms with Crippen molar-refractivity contribution in [2.45, 2.75) is 6.42 Å². The van der Waals surface area contributed by atoms with Crippen molar-refractivity contribution in [2.75, 3.05) is 7.11 Å². The van der Waals surface area contributed by atoms with Gasteiger partial charge in [0, 0.05) is 5.39 Å². The third-order valence-electron chi connectivity index (χ3n) is 2.13. The third-order valence-corrected chi connectivity index (χ3v) is 2.52. The molecule has 0 spiro atoms. The predicted octanol–water partition coefficient (Wildman–Crippen LogP) is 2.91. The summed E-state index contributed by atoms with van der Waals surface area (Å²) in [5.41, 5.74) is 1.72. The van der Waals surface area contributed by atoms with Crippen molar-refractivity contribution in [3.8, 4) is 0 Å². The highest BCUT2D eigenvalue weighted by Gasteiger charge is 2.06. The number of ether oxygens (including phenoxy) is 1. The first kappa shape index (κ1) is 10.2. The van der Waals surface area contributed by atoms with Crippen LogP contribution in [0.2, 0.25) is 0 Å². The van der Waals surface area contributed by atoms with Gasteiger partial charge in [-0.3, -0.25) is 4.79 Å². The molecule has 0 aliphatic heterocycles. The van der Waals surface area contributed by atoms with Crippen LogP contribution in [0.4, 0.5) is 0 Å². The Morgan fingerprint density at radius 3 is 3.00 bits per heavy atom. The second-order valence-electron chi connectivity index (χ2n) is 3.18. The van der Waals surface area contributed by atoms with Crippen LogP contribution in [0.1, 0.15) is 5.56 Å². The molecule has 1 aromatic carbocycles. The van der Waals surface area contributed by atoms with Crippen LogP contribution in [0.3, 0.4) is 0 Å². The van der Waals surface area contributed by atoms with Gasteiger partial charge in [0.1, 0.15) is 5.58 Å². The van der Waals surface area contributed by atoms with Gasteiger partial charge in [-0.15, -0.1) is 0 Å². The molecule has 0 aliphatic carbocycles. The summed E-state index contributed by atoms with van der Waals surface area (Å²) >= 11 is 3.26. The van der Waals surface area contributed by atoms with Crippen LogP contribution in [0.25, 0.3) is 11.0 Å². The van der Waals surface area contributed by atoms with Crippen molar-refractivity contribution in [2.24, 2.45) is 0 Å². The number of esters is 1. The largest absolute Gasteiger partial charge is 0.469 e. The number of benzene rings is 1. The minimum Gasteiger partial charge on any atom is -0.469 e. The van der Waals surface area contributed by atoms with Crippen LogP contribution in [-0.2, 0) is 16.0 Å². The molecule has 15 heavy (non-hydrogen) atoms. The lowest BCUT2D eigenvalue weighted by atomic mass is 10.1. The van der Waals surface area contributed by atoms with E-state index in [4.69, 9.17) is 4.42 Å². The van der Waals surface area contributed by atoms with Crippen molar-refractivity contribution in [3.05, 3.63) is 34.5 Å². The first-order valence-electron chi connectivity index (χ1n) is 4.44. The van der Waals surface area contributed by atoms with Crippen molar-refractivity contribution < 1.29 is 13.9 Å². The number of fused-ring (bicyclic) bond motifs is 1. The van der Waals surface area contributed by atoms with Gasteiger partial charge in [-0.2, -0.15) is 0 Å². The Balaban J connectivity index is 2.33. The number of halogens is 1. The zero-order chi connectivity index (χ0) is 10.8. The van der Waals surface area contributed by atoms with E-state index in [9.17, 15) is 4.79 Å². The minimum absolute atomic E-state index is 0.239. The normalized spacial score (nSPS) is 10.5. The Morgan fingerprint density at radius 2 is 2.27 bits per heavy atom. The van der Waals surface area contributed by atoms with E-state index in [2.05, 4.69) is 20.7 Å². The van der Waals surface area contributed by atoms with Crippen LogP contribution >= 0.6 is 15.9 Å². The molecule has 0 atom stereocenters. The Bertz CT molecular complexity index is 502. The summed E-state index contributed by atoms with van der Waals surface area (Å²) in [6.07, 6.45) is 0.287. The average Bonchev–Trinajstić information content (AvgIpc) is 2.57. The summed E-state index contributed by atoms with van der Waals surface area (Å²) in [5.74, 6) is -0.239. The third kappa shape index (κ3) is 2.21. The maximum atomic E-state index is 11.1. The zero-order valence-corrected chi connectivity index (χ0v) is 9.71. The molecule has 0 fully saturated rings. The van der Waals surface area contributed by atoms with Crippen LogP contribution in [0.15, 0.2) is 33.4 Å². The Morgan fingerprint density at radius 1 is 1.47 bits per heavy atom. The first-order valence-corrected chi connectivity index (χ1v) is 5.23. The van der Waals surface area contributed by atoms with Crippen molar-refractivity contribution in [3.63, 3.8) is 0 Å². The van der Waals surface area contributed by atoms with Gasteiger partial charge in [-0.05, 0) is 39.7 Å². The molecule has 2 rings (SSSR count). The smallest absolute Gasteiger partial charge is 0.309 e. The summed E-state index contributed by atoms with van der Waals surface area (Å²) in [5, 5.41) is 0.975. The van der Waals surface area contributed by atoms with Gasteiger partial charge >= 0.3 is 5.97 Å². The molecule has 0 bridgehead atoms. The quantitative estimate of drug-likeness (QED) is 0.787. The van der Waals surface area contributed by atoms with Crippen LogP contribution < -0.4 is 0 Å². The number of methoxy groups -OCH3 is 1. The SMILES string of the molecule is COC(=O)Cc1ccc2oc(Br)cc2c1. The van der Waals surface area contributed by atoms with E-state index in [-0.39, 0.29) is 12.4 Å². The second kappa shape index (κ2) is 4.06. The van der Waals surface area contributed by atoms with E-state index in [0.717, 1.165) is 16.5 Å². The number of hydrogen-bond donors (Lipinski definition) is 0. The lowest BCUT2D eigenvalue weighted by Crippen LogP contribution is -2.03. The second-order valence-corrected chi connectivity index (χ2v) is 3.96. The highest BCUT2D eigenvalue weighted by atomic mass is 79.9. The van der Waals surface area contributed by atoms with E-state index in [1.54, 1.807) is 0 Å². The van der Waals surface area contributed by atoms with Gasteiger partial charge in [-0.1, -0.05) is 6.07 Å². The Hall–Kier alpha value is -1.29. The minimum atomic E-state index is -0.239. The Kier molecular flexibility index (Phi) is 2.77. The molecule has 0 saturated heterocycles. The predicted molar refractivity (Wildman–Crippen MR) is 59.6 cm³/mol. The van der Waals surface area contributed by atoms with Crippen LogP contribution in [0.5, 0.6) is 0 Å². The van der Waals surface area contributed by atoms with Gasteiger partial charge < -0.3 is 9.15 Å². The van der Waals surface area contributed by atoms with Gasteiger partial charge in [0.25, 0.3) is 0 Å². The van der Waals surface area contributed by atoms with Crippen LogP contribution in [-0.4, -0.2) is 13.1 Å². The summed E-state index contributed by atoms with van der Waals surface area (Å²) in [6.45, 7) is 0. The molecule has 78 valence electrons.